The Kier molecular flexibility index (Phi) is 4.33. The molecule has 0 bridgehead atoms. The van der Waals surface area contributed by atoms with Gasteiger partial charge in [0.1, 0.15) is 0 Å². The normalized spacial score (nSPS) is 12.6. The second-order valence-electron chi connectivity index (χ2n) is 4.22. The summed E-state index contributed by atoms with van der Waals surface area (Å²) < 4.78 is 1.81. The highest BCUT2D eigenvalue weighted by molar-refractivity contribution is 6.30. The van der Waals surface area contributed by atoms with Gasteiger partial charge in [-0.3, -0.25) is 4.68 Å². The van der Waals surface area contributed by atoms with Crippen LogP contribution in [0.4, 0.5) is 0 Å². The van der Waals surface area contributed by atoms with Gasteiger partial charge in [-0.1, -0.05) is 35.9 Å². The van der Waals surface area contributed by atoms with E-state index in [9.17, 15) is 0 Å². The van der Waals surface area contributed by atoms with Crippen molar-refractivity contribution in [2.24, 2.45) is 7.05 Å². The SMILES string of the molecule is CCNC(Cc1ccc(Cl)cc1)c1cnnn1C. The van der Waals surface area contributed by atoms with Gasteiger partial charge < -0.3 is 5.32 Å². The molecule has 18 heavy (non-hydrogen) atoms. The minimum absolute atomic E-state index is 0.219. The molecular weight excluding hydrogens is 248 g/mol. The Labute approximate surface area is 112 Å². The van der Waals surface area contributed by atoms with Crippen LogP contribution in [0.15, 0.2) is 30.5 Å². The van der Waals surface area contributed by atoms with Crippen molar-refractivity contribution in [2.75, 3.05) is 6.54 Å². The first-order chi connectivity index (χ1) is 8.70. The maximum atomic E-state index is 5.89. The number of aryl methyl sites for hydroxylation is 1. The van der Waals surface area contributed by atoms with Gasteiger partial charge in [0, 0.05) is 12.1 Å². The Bertz CT molecular complexity index is 492. The molecular formula is C13H17ClN4. The van der Waals surface area contributed by atoms with Gasteiger partial charge in [0.25, 0.3) is 0 Å². The molecule has 0 saturated carbocycles. The molecule has 1 atom stereocenters. The van der Waals surface area contributed by atoms with Gasteiger partial charge >= 0.3 is 0 Å². The molecule has 0 aliphatic heterocycles. The van der Waals surface area contributed by atoms with Crippen molar-refractivity contribution in [3.8, 4) is 0 Å². The first-order valence-electron chi connectivity index (χ1n) is 6.03. The van der Waals surface area contributed by atoms with E-state index in [-0.39, 0.29) is 6.04 Å². The van der Waals surface area contributed by atoms with Crippen molar-refractivity contribution < 1.29 is 0 Å². The fourth-order valence-electron chi connectivity index (χ4n) is 2.00. The van der Waals surface area contributed by atoms with Crippen LogP contribution in [0.3, 0.4) is 0 Å². The quantitative estimate of drug-likeness (QED) is 0.902. The zero-order valence-corrected chi connectivity index (χ0v) is 11.4. The standard InChI is InChI=1S/C13H17ClN4/c1-3-15-12(13-9-16-17-18(13)2)8-10-4-6-11(14)7-5-10/h4-7,9,12,15H,3,8H2,1-2H3. The highest BCUT2D eigenvalue weighted by atomic mass is 35.5. The summed E-state index contributed by atoms with van der Waals surface area (Å²) in [6.45, 7) is 3.00. The number of aromatic nitrogens is 3. The highest BCUT2D eigenvalue weighted by Gasteiger charge is 2.15. The van der Waals surface area contributed by atoms with Crippen molar-refractivity contribution in [1.29, 1.82) is 0 Å². The minimum atomic E-state index is 0.219. The fraction of sp³-hybridized carbons (Fsp3) is 0.385. The molecule has 1 unspecified atom stereocenters. The Hall–Kier alpha value is -1.39. The summed E-state index contributed by atoms with van der Waals surface area (Å²) in [5.41, 5.74) is 2.33. The van der Waals surface area contributed by atoms with Crippen LogP contribution in [0.2, 0.25) is 5.02 Å². The van der Waals surface area contributed by atoms with Gasteiger partial charge in [-0.15, -0.1) is 5.10 Å². The Morgan fingerprint density at radius 1 is 1.33 bits per heavy atom. The molecule has 1 aromatic heterocycles. The average Bonchev–Trinajstić information content (AvgIpc) is 2.78. The third-order valence-corrected chi connectivity index (χ3v) is 3.16. The molecule has 2 rings (SSSR count). The van der Waals surface area contributed by atoms with Gasteiger partial charge in [-0.05, 0) is 30.7 Å². The molecule has 0 spiro atoms. The Morgan fingerprint density at radius 2 is 2.06 bits per heavy atom. The second-order valence-corrected chi connectivity index (χ2v) is 4.66. The zero-order valence-electron chi connectivity index (χ0n) is 10.6. The largest absolute Gasteiger partial charge is 0.309 e. The van der Waals surface area contributed by atoms with E-state index in [4.69, 9.17) is 11.6 Å². The molecule has 96 valence electrons. The van der Waals surface area contributed by atoms with Crippen molar-refractivity contribution in [3.63, 3.8) is 0 Å². The van der Waals surface area contributed by atoms with E-state index in [1.54, 1.807) is 0 Å². The van der Waals surface area contributed by atoms with E-state index in [1.807, 2.05) is 30.1 Å². The van der Waals surface area contributed by atoms with E-state index < -0.39 is 0 Å². The van der Waals surface area contributed by atoms with Gasteiger partial charge in [-0.25, -0.2) is 0 Å². The predicted molar refractivity (Wildman–Crippen MR) is 72.6 cm³/mol. The van der Waals surface area contributed by atoms with Crippen molar-refractivity contribution in [2.45, 2.75) is 19.4 Å². The first kappa shape index (κ1) is 13.1. The zero-order chi connectivity index (χ0) is 13.0. The third-order valence-electron chi connectivity index (χ3n) is 2.91. The summed E-state index contributed by atoms with van der Waals surface area (Å²) >= 11 is 5.89. The molecule has 1 heterocycles. The summed E-state index contributed by atoms with van der Waals surface area (Å²) in [5.74, 6) is 0. The van der Waals surface area contributed by atoms with E-state index in [0.717, 1.165) is 23.7 Å². The lowest BCUT2D eigenvalue weighted by molar-refractivity contribution is 0.506. The van der Waals surface area contributed by atoms with Crippen LogP contribution in [-0.4, -0.2) is 21.5 Å². The number of hydrogen-bond acceptors (Lipinski definition) is 3. The molecule has 0 saturated heterocycles. The van der Waals surface area contributed by atoms with Crippen LogP contribution >= 0.6 is 11.6 Å². The summed E-state index contributed by atoms with van der Waals surface area (Å²) in [5, 5.41) is 12.1. The number of halogens is 1. The summed E-state index contributed by atoms with van der Waals surface area (Å²) in [4.78, 5) is 0. The molecule has 0 aliphatic carbocycles. The predicted octanol–water partition coefficient (Wildman–Crippen LogP) is 2.36. The number of nitrogens with one attached hydrogen (secondary N) is 1. The van der Waals surface area contributed by atoms with Gasteiger partial charge in [-0.2, -0.15) is 0 Å². The van der Waals surface area contributed by atoms with Crippen molar-refractivity contribution in [1.82, 2.24) is 20.3 Å². The lowest BCUT2D eigenvalue weighted by atomic mass is 10.0. The first-order valence-corrected chi connectivity index (χ1v) is 6.41. The molecule has 4 nitrogen and oxygen atoms in total. The molecule has 2 aromatic rings. The molecule has 5 heteroatoms. The fourth-order valence-corrected chi connectivity index (χ4v) is 2.12. The molecule has 1 N–H and O–H groups in total. The lowest BCUT2D eigenvalue weighted by Crippen LogP contribution is -2.25. The summed E-state index contributed by atoms with van der Waals surface area (Å²) in [6, 6.07) is 8.16. The number of hydrogen-bond donors (Lipinski definition) is 1. The van der Waals surface area contributed by atoms with Crippen LogP contribution in [0.1, 0.15) is 24.2 Å². The van der Waals surface area contributed by atoms with Crippen LogP contribution in [0.25, 0.3) is 0 Å². The van der Waals surface area contributed by atoms with Gasteiger partial charge in [0.05, 0.1) is 17.9 Å². The van der Waals surface area contributed by atoms with Crippen molar-refractivity contribution >= 4 is 11.6 Å². The maximum absolute atomic E-state index is 5.89. The third kappa shape index (κ3) is 3.09. The molecule has 0 radical (unpaired) electrons. The Balaban J connectivity index is 2.16. The van der Waals surface area contributed by atoms with E-state index >= 15 is 0 Å². The van der Waals surface area contributed by atoms with E-state index in [2.05, 4.69) is 34.7 Å². The number of benzene rings is 1. The van der Waals surface area contributed by atoms with Crippen molar-refractivity contribution in [3.05, 3.63) is 46.7 Å². The molecule has 0 aliphatic rings. The number of rotatable bonds is 5. The summed E-state index contributed by atoms with van der Waals surface area (Å²) in [7, 11) is 1.91. The molecule has 0 fully saturated rings. The highest BCUT2D eigenvalue weighted by Crippen LogP contribution is 2.18. The van der Waals surface area contributed by atoms with Crippen LogP contribution in [0.5, 0.6) is 0 Å². The average molecular weight is 265 g/mol. The van der Waals surface area contributed by atoms with Gasteiger partial charge in [0.2, 0.25) is 0 Å². The molecule has 0 amide bonds. The van der Waals surface area contributed by atoms with E-state index in [1.165, 1.54) is 5.56 Å². The number of likely N-dealkylation sites (N-methyl/N-ethyl adjacent to an activating group) is 1. The van der Waals surface area contributed by atoms with Crippen LogP contribution in [0, 0.1) is 0 Å². The lowest BCUT2D eigenvalue weighted by Gasteiger charge is -2.17. The van der Waals surface area contributed by atoms with E-state index in [0.29, 0.717) is 0 Å². The number of nitrogens with zero attached hydrogens (tertiary/aromatic N) is 3. The molecule has 1 aromatic carbocycles. The van der Waals surface area contributed by atoms with Crippen LogP contribution in [-0.2, 0) is 13.5 Å². The van der Waals surface area contributed by atoms with Crippen LogP contribution < -0.4 is 5.32 Å². The second kappa shape index (κ2) is 5.98. The van der Waals surface area contributed by atoms with Gasteiger partial charge in [0.15, 0.2) is 0 Å². The maximum Gasteiger partial charge on any atom is 0.0756 e. The summed E-state index contributed by atoms with van der Waals surface area (Å²) in [6.07, 6.45) is 2.70. The monoisotopic (exact) mass is 264 g/mol. The Morgan fingerprint density at radius 3 is 2.61 bits per heavy atom. The smallest absolute Gasteiger partial charge is 0.0756 e. The minimum Gasteiger partial charge on any atom is -0.309 e. The topological polar surface area (TPSA) is 42.7 Å².